The number of carbonyl (C=O) groups is 1. The van der Waals surface area contributed by atoms with Gasteiger partial charge in [-0.05, 0) is 12.1 Å². The molecule has 0 saturated heterocycles. The van der Waals surface area contributed by atoms with E-state index >= 15 is 0 Å². The van der Waals surface area contributed by atoms with Crippen molar-refractivity contribution in [3.05, 3.63) is 17.7 Å². The molecule has 5 nitrogen and oxygen atoms in total. The second-order valence-electron chi connectivity index (χ2n) is 2.60. The first-order chi connectivity index (χ1) is 7.06. The molecule has 1 aromatic rings. The van der Waals surface area contributed by atoms with E-state index in [2.05, 4.69) is 16.8 Å². The Hall–Kier alpha value is -2.35. The largest absolute Gasteiger partial charge is 0.504 e. The van der Waals surface area contributed by atoms with Gasteiger partial charge in [0.1, 0.15) is 6.11 Å². The normalized spacial score (nSPS) is 8.87. The van der Waals surface area contributed by atoms with Crippen molar-refractivity contribution >= 4 is 5.97 Å². The lowest BCUT2D eigenvalue weighted by molar-refractivity contribution is 0.0689. The lowest BCUT2D eigenvalue weighted by Gasteiger charge is -2.02. The van der Waals surface area contributed by atoms with E-state index in [1.54, 1.807) is 0 Å². The smallest absolute Gasteiger partial charge is 0.352 e. The highest BCUT2D eigenvalue weighted by Crippen LogP contribution is 2.35. The Morgan fingerprint density at radius 1 is 1.27 bits per heavy atom. The topological polar surface area (TPSA) is 87.0 Å². The van der Waals surface area contributed by atoms with E-state index in [-0.39, 0.29) is 5.56 Å². The molecule has 0 atom stereocenters. The lowest BCUT2D eigenvalue weighted by Crippen LogP contribution is -2.00. The summed E-state index contributed by atoms with van der Waals surface area (Å²) in [6, 6.07) is 1.93. The molecule has 0 aromatic heterocycles. The van der Waals surface area contributed by atoms with E-state index in [1.165, 1.54) is 6.92 Å². The van der Waals surface area contributed by atoms with Gasteiger partial charge in [-0.1, -0.05) is 5.92 Å². The number of hydrogen-bond donors (Lipinski definition) is 3. The van der Waals surface area contributed by atoms with E-state index < -0.39 is 23.2 Å². The Bertz CT molecular complexity index is 430. The first kappa shape index (κ1) is 10.7. The fourth-order valence-corrected chi connectivity index (χ4v) is 0.878. The molecule has 0 bridgehead atoms. The Morgan fingerprint density at radius 3 is 2.27 bits per heavy atom. The van der Waals surface area contributed by atoms with Gasteiger partial charge in [0.2, 0.25) is 0 Å². The summed E-state index contributed by atoms with van der Waals surface area (Å²) < 4.78 is 4.42. The predicted molar refractivity (Wildman–Crippen MR) is 50.3 cm³/mol. The highest BCUT2D eigenvalue weighted by atomic mass is 16.5. The highest BCUT2D eigenvalue weighted by Gasteiger charge is 2.13. The zero-order chi connectivity index (χ0) is 11.4. The van der Waals surface area contributed by atoms with Crippen molar-refractivity contribution in [1.29, 1.82) is 0 Å². The predicted octanol–water partition coefficient (Wildman–Crippen LogP) is 0.941. The standard InChI is InChI=1S/C10H8O5/c1-2-3-15-10(14)6-4-7(11)9(13)8(12)5-6/h4-5,11-13H,1H3. The number of hydrogen-bond acceptors (Lipinski definition) is 5. The number of rotatable bonds is 1. The van der Waals surface area contributed by atoms with Crippen LogP contribution >= 0.6 is 0 Å². The first-order valence-corrected chi connectivity index (χ1v) is 3.94. The number of carbonyl (C=O) groups excluding carboxylic acids is 1. The van der Waals surface area contributed by atoms with Crippen molar-refractivity contribution in [3.63, 3.8) is 0 Å². The highest BCUT2D eigenvalue weighted by molar-refractivity contribution is 5.91. The van der Waals surface area contributed by atoms with E-state index in [1.807, 2.05) is 0 Å². The second kappa shape index (κ2) is 4.24. The van der Waals surface area contributed by atoms with Gasteiger partial charge >= 0.3 is 5.97 Å². The maximum Gasteiger partial charge on any atom is 0.352 e. The van der Waals surface area contributed by atoms with Crippen LogP contribution in [0.2, 0.25) is 0 Å². The zero-order valence-electron chi connectivity index (χ0n) is 7.81. The van der Waals surface area contributed by atoms with Crippen LogP contribution in [-0.2, 0) is 4.74 Å². The number of phenols is 3. The van der Waals surface area contributed by atoms with Gasteiger partial charge in [-0.2, -0.15) is 0 Å². The number of ether oxygens (including phenoxy) is 1. The molecule has 15 heavy (non-hydrogen) atoms. The molecule has 0 heterocycles. The minimum atomic E-state index is -0.824. The van der Waals surface area contributed by atoms with E-state index in [0.29, 0.717) is 0 Å². The maximum atomic E-state index is 11.2. The minimum absolute atomic E-state index is 0.106. The summed E-state index contributed by atoms with van der Waals surface area (Å²) in [6.45, 7) is 1.49. The van der Waals surface area contributed by atoms with Crippen LogP contribution in [0.4, 0.5) is 0 Å². The number of aromatic hydroxyl groups is 3. The molecule has 0 aliphatic heterocycles. The van der Waals surface area contributed by atoms with Gasteiger partial charge in [0, 0.05) is 6.92 Å². The summed E-state index contributed by atoms with van der Waals surface area (Å²) in [5, 5.41) is 27.2. The third-order valence-electron chi connectivity index (χ3n) is 1.55. The van der Waals surface area contributed by atoms with Crippen LogP contribution in [0.15, 0.2) is 12.1 Å². The summed E-state index contributed by atoms with van der Waals surface area (Å²) in [7, 11) is 0. The van der Waals surface area contributed by atoms with Crippen LogP contribution in [0.1, 0.15) is 17.3 Å². The number of benzene rings is 1. The van der Waals surface area contributed by atoms with Gasteiger partial charge < -0.3 is 20.1 Å². The fourth-order valence-electron chi connectivity index (χ4n) is 0.878. The van der Waals surface area contributed by atoms with Crippen molar-refractivity contribution in [2.24, 2.45) is 0 Å². The number of phenolic OH excluding ortho intramolecular Hbond substituents is 3. The van der Waals surface area contributed by atoms with Crippen LogP contribution in [0.5, 0.6) is 17.2 Å². The van der Waals surface area contributed by atoms with Gasteiger partial charge in [0.15, 0.2) is 17.2 Å². The molecule has 0 radical (unpaired) electrons. The molecule has 1 rings (SSSR count). The quantitative estimate of drug-likeness (QED) is 0.363. The molecule has 1 aromatic carbocycles. The molecule has 0 aliphatic rings. The zero-order valence-corrected chi connectivity index (χ0v) is 7.81. The fraction of sp³-hybridized carbons (Fsp3) is 0.100. The van der Waals surface area contributed by atoms with E-state index in [4.69, 9.17) is 15.3 Å². The average molecular weight is 208 g/mol. The number of esters is 1. The van der Waals surface area contributed by atoms with E-state index in [9.17, 15) is 4.79 Å². The minimum Gasteiger partial charge on any atom is -0.504 e. The van der Waals surface area contributed by atoms with Gasteiger partial charge in [0.25, 0.3) is 0 Å². The molecule has 0 spiro atoms. The van der Waals surface area contributed by atoms with Crippen LogP contribution in [0.25, 0.3) is 0 Å². The maximum absolute atomic E-state index is 11.2. The van der Waals surface area contributed by atoms with Crippen molar-refractivity contribution in [2.75, 3.05) is 0 Å². The Morgan fingerprint density at radius 2 is 1.80 bits per heavy atom. The molecule has 0 saturated carbocycles. The average Bonchev–Trinajstić information content (AvgIpc) is 2.21. The second-order valence-corrected chi connectivity index (χ2v) is 2.60. The van der Waals surface area contributed by atoms with Crippen LogP contribution in [0, 0.1) is 12.0 Å². The lowest BCUT2D eigenvalue weighted by atomic mass is 10.2. The first-order valence-electron chi connectivity index (χ1n) is 3.94. The van der Waals surface area contributed by atoms with E-state index in [0.717, 1.165) is 12.1 Å². The summed E-state index contributed by atoms with van der Waals surface area (Å²) in [4.78, 5) is 11.2. The van der Waals surface area contributed by atoms with Gasteiger partial charge in [-0.15, -0.1) is 0 Å². The van der Waals surface area contributed by atoms with Crippen LogP contribution in [-0.4, -0.2) is 21.3 Å². The molecule has 3 N–H and O–H groups in total. The monoisotopic (exact) mass is 208 g/mol. The Labute approximate surface area is 85.5 Å². The Kier molecular flexibility index (Phi) is 3.03. The van der Waals surface area contributed by atoms with Crippen LogP contribution < -0.4 is 0 Å². The van der Waals surface area contributed by atoms with Crippen molar-refractivity contribution in [1.82, 2.24) is 0 Å². The summed E-state index contributed by atoms with van der Waals surface area (Å²) in [5.74, 6) is -0.380. The van der Waals surface area contributed by atoms with Crippen LogP contribution in [0.3, 0.4) is 0 Å². The summed E-state index contributed by atoms with van der Waals surface area (Å²) >= 11 is 0. The summed E-state index contributed by atoms with van der Waals surface area (Å²) in [5.41, 5.74) is -0.106. The SMILES string of the molecule is CC#COC(=O)c1cc(O)c(O)c(O)c1. The third-order valence-corrected chi connectivity index (χ3v) is 1.55. The molecule has 0 unspecified atom stereocenters. The van der Waals surface area contributed by atoms with Gasteiger partial charge in [0.05, 0.1) is 5.56 Å². The molecule has 78 valence electrons. The molecule has 0 fully saturated rings. The molecular weight excluding hydrogens is 200 g/mol. The molecule has 0 aliphatic carbocycles. The third kappa shape index (κ3) is 2.31. The Balaban J connectivity index is 3.04. The van der Waals surface area contributed by atoms with Crippen molar-refractivity contribution in [3.8, 4) is 29.3 Å². The summed E-state index contributed by atoms with van der Waals surface area (Å²) in [6.07, 6.45) is 2.07. The molecule has 5 heteroatoms. The van der Waals surface area contributed by atoms with Gasteiger partial charge in [-0.25, -0.2) is 4.79 Å². The molecular formula is C10H8O5. The van der Waals surface area contributed by atoms with Crippen molar-refractivity contribution in [2.45, 2.75) is 6.92 Å². The van der Waals surface area contributed by atoms with Gasteiger partial charge in [-0.3, -0.25) is 0 Å². The van der Waals surface area contributed by atoms with Crippen molar-refractivity contribution < 1.29 is 24.9 Å². The molecule has 0 amide bonds.